The van der Waals surface area contributed by atoms with Crippen molar-refractivity contribution in [1.29, 1.82) is 0 Å². The van der Waals surface area contributed by atoms with E-state index in [2.05, 4.69) is 4.57 Å². The van der Waals surface area contributed by atoms with Crippen LogP contribution in [0, 0.1) is 5.82 Å². The Morgan fingerprint density at radius 3 is 2.46 bits per heavy atom. The molecular weight excluding hydrogens is 541 g/mol. The minimum absolute atomic E-state index is 0.154. The fourth-order valence-corrected chi connectivity index (χ4v) is 5.83. The lowest BCUT2D eigenvalue weighted by Gasteiger charge is -2.25. The monoisotopic (exact) mass is 569 g/mol. The zero-order valence-corrected chi connectivity index (χ0v) is 23.1. The molecule has 4 aromatic carbocycles. The van der Waals surface area contributed by atoms with Gasteiger partial charge in [0.1, 0.15) is 24.0 Å². The number of fused-ring (bicyclic) bond motifs is 1. The van der Waals surface area contributed by atoms with Crippen LogP contribution < -0.4 is 10.5 Å². The molecule has 1 aliphatic rings. The van der Waals surface area contributed by atoms with Crippen molar-refractivity contribution in [1.82, 2.24) is 9.55 Å². The molecule has 6 nitrogen and oxygen atoms in total. The average molecular weight is 570 g/mol. The second kappa shape index (κ2) is 11.3. The minimum Gasteiger partial charge on any atom is -0.489 e. The standard InChI is InChI=1S/C33H29ClFN3O3/c34-23-9-6-20(7-10-23)27-13-11-24(36)16-22(27)19-41-26-12-14-28(29(35)18-26)32-37-30-17-21(33(39)40)8-15-31(30)38(32)25-4-2-1-3-5-25/h6-18,25H,1-5,19,36H2,(H,39,40). The van der Waals surface area contributed by atoms with Crippen LogP contribution in [0.1, 0.15) is 54.1 Å². The molecule has 0 saturated heterocycles. The van der Waals surface area contributed by atoms with Gasteiger partial charge < -0.3 is 20.1 Å². The molecule has 1 saturated carbocycles. The Hall–Kier alpha value is -4.36. The van der Waals surface area contributed by atoms with Crippen molar-refractivity contribution in [2.24, 2.45) is 0 Å². The van der Waals surface area contributed by atoms with Gasteiger partial charge in [0, 0.05) is 22.8 Å². The lowest BCUT2D eigenvalue weighted by atomic mass is 9.94. The molecule has 0 aliphatic heterocycles. The van der Waals surface area contributed by atoms with Crippen molar-refractivity contribution in [3.05, 3.63) is 101 Å². The summed E-state index contributed by atoms with van der Waals surface area (Å²) in [7, 11) is 0. The van der Waals surface area contributed by atoms with E-state index in [1.54, 1.807) is 30.3 Å². The summed E-state index contributed by atoms with van der Waals surface area (Å²) in [6.07, 6.45) is 5.30. The molecule has 1 fully saturated rings. The van der Waals surface area contributed by atoms with Gasteiger partial charge in [-0.25, -0.2) is 14.2 Å². The third kappa shape index (κ3) is 5.50. The maximum Gasteiger partial charge on any atom is 0.335 e. The second-order valence-electron chi connectivity index (χ2n) is 10.5. The number of imidazole rings is 1. The zero-order valence-electron chi connectivity index (χ0n) is 22.3. The van der Waals surface area contributed by atoms with Crippen molar-refractivity contribution >= 4 is 34.3 Å². The van der Waals surface area contributed by atoms with E-state index in [-0.39, 0.29) is 18.2 Å². The summed E-state index contributed by atoms with van der Waals surface area (Å²) in [5, 5.41) is 10.1. The van der Waals surface area contributed by atoms with Crippen LogP contribution in [0.3, 0.4) is 0 Å². The number of nitrogens with two attached hydrogens (primary N) is 1. The van der Waals surface area contributed by atoms with Crippen molar-refractivity contribution in [2.75, 3.05) is 5.73 Å². The Morgan fingerprint density at radius 1 is 0.976 bits per heavy atom. The molecule has 3 N–H and O–H groups in total. The Morgan fingerprint density at radius 2 is 1.73 bits per heavy atom. The molecule has 0 atom stereocenters. The number of nitrogen functional groups attached to an aromatic ring is 1. The lowest BCUT2D eigenvalue weighted by Crippen LogP contribution is -2.14. The number of aromatic carboxylic acids is 1. The fraction of sp³-hybridized carbons (Fsp3) is 0.212. The molecule has 208 valence electrons. The number of rotatable bonds is 7. The van der Waals surface area contributed by atoms with Gasteiger partial charge in [-0.15, -0.1) is 0 Å². The number of hydrogen-bond acceptors (Lipinski definition) is 4. The number of halogens is 2. The summed E-state index contributed by atoms with van der Waals surface area (Å²) in [5.41, 5.74) is 11.3. The number of carboxylic acid groups (broad SMARTS) is 1. The smallest absolute Gasteiger partial charge is 0.335 e. The van der Waals surface area contributed by atoms with Gasteiger partial charge in [0.25, 0.3) is 0 Å². The highest BCUT2D eigenvalue weighted by Gasteiger charge is 2.24. The van der Waals surface area contributed by atoms with Crippen LogP contribution in [0.2, 0.25) is 5.02 Å². The van der Waals surface area contributed by atoms with E-state index in [1.165, 1.54) is 12.5 Å². The van der Waals surface area contributed by atoms with Crippen LogP contribution in [0.5, 0.6) is 5.75 Å². The Bertz CT molecular complexity index is 1740. The molecule has 8 heteroatoms. The number of benzene rings is 4. The molecule has 0 spiro atoms. The Labute approximate surface area is 242 Å². The summed E-state index contributed by atoms with van der Waals surface area (Å²) >= 11 is 6.06. The van der Waals surface area contributed by atoms with Crippen LogP contribution in [0.15, 0.2) is 78.9 Å². The van der Waals surface area contributed by atoms with Crippen molar-refractivity contribution in [2.45, 2.75) is 44.8 Å². The van der Waals surface area contributed by atoms with E-state index in [0.717, 1.165) is 47.9 Å². The predicted octanol–water partition coefficient (Wildman–Crippen LogP) is 8.53. The van der Waals surface area contributed by atoms with Crippen LogP contribution in [0.4, 0.5) is 10.1 Å². The molecule has 5 aromatic rings. The number of ether oxygens (including phenoxy) is 1. The first-order valence-corrected chi connectivity index (χ1v) is 14.1. The van der Waals surface area contributed by atoms with Gasteiger partial charge in [0.2, 0.25) is 0 Å². The molecule has 41 heavy (non-hydrogen) atoms. The van der Waals surface area contributed by atoms with E-state index < -0.39 is 11.8 Å². The molecule has 0 bridgehead atoms. The molecule has 1 heterocycles. The van der Waals surface area contributed by atoms with Crippen LogP contribution >= 0.6 is 11.6 Å². The van der Waals surface area contributed by atoms with Gasteiger partial charge in [0.05, 0.1) is 22.2 Å². The van der Waals surface area contributed by atoms with E-state index in [0.29, 0.717) is 33.4 Å². The van der Waals surface area contributed by atoms with Gasteiger partial charge in [-0.2, -0.15) is 0 Å². The molecular formula is C33H29ClFN3O3. The minimum atomic E-state index is -1.02. The number of anilines is 1. The summed E-state index contributed by atoms with van der Waals surface area (Å²) in [6, 6.07) is 23.0. The van der Waals surface area contributed by atoms with Crippen molar-refractivity contribution in [3.8, 4) is 28.3 Å². The van der Waals surface area contributed by atoms with Gasteiger partial charge in [0.15, 0.2) is 0 Å². The van der Waals surface area contributed by atoms with Gasteiger partial charge in [-0.05, 0) is 84.1 Å². The molecule has 1 aromatic heterocycles. The normalized spacial score (nSPS) is 13.9. The first-order valence-electron chi connectivity index (χ1n) is 13.7. The maximum absolute atomic E-state index is 15.7. The number of carboxylic acids is 1. The average Bonchev–Trinajstić information content (AvgIpc) is 3.35. The topological polar surface area (TPSA) is 90.4 Å². The van der Waals surface area contributed by atoms with Crippen LogP contribution in [-0.4, -0.2) is 20.6 Å². The second-order valence-corrected chi connectivity index (χ2v) is 10.9. The quantitative estimate of drug-likeness (QED) is 0.192. The summed E-state index contributed by atoms with van der Waals surface area (Å²) in [4.78, 5) is 16.3. The highest BCUT2D eigenvalue weighted by molar-refractivity contribution is 6.30. The third-order valence-corrected chi connectivity index (χ3v) is 7.99. The number of carbonyl (C=O) groups is 1. The van der Waals surface area contributed by atoms with Crippen molar-refractivity contribution < 1.29 is 19.0 Å². The molecule has 6 rings (SSSR count). The maximum atomic E-state index is 15.7. The van der Waals surface area contributed by atoms with E-state index >= 15 is 4.39 Å². The van der Waals surface area contributed by atoms with E-state index in [1.807, 2.05) is 42.5 Å². The van der Waals surface area contributed by atoms with Crippen LogP contribution in [-0.2, 0) is 6.61 Å². The summed E-state index contributed by atoms with van der Waals surface area (Å²) in [6.45, 7) is 0.195. The molecule has 0 amide bonds. The first-order chi connectivity index (χ1) is 19.9. The van der Waals surface area contributed by atoms with Crippen LogP contribution in [0.25, 0.3) is 33.5 Å². The van der Waals surface area contributed by atoms with Crippen molar-refractivity contribution in [3.63, 3.8) is 0 Å². The highest BCUT2D eigenvalue weighted by atomic mass is 35.5. The Balaban J connectivity index is 1.32. The fourth-order valence-electron chi connectivity index (χ4n) is 5.70. The largest absolute Gasteiger partial charge is 0.489 e. The molecule has 0 unspecified atom stereocenters. The SMILES string of the molecule is Nc1ccc(-c2ccc(Cl)cc2)c(COc2ccc(-c3nc4cc(C(=O)O)ccc4n3C3CCCCC3)c(F)c2)c1. The molecule has 1 aliphatic carbocycles. The number of hydrogen-bond donors (Lipinski definition) is 2. The van der Waals surface area contributed by atoms with Gasteiger partial charge in [-0.1, -0.05) is 49.1 Å². The van der Waals surface area contributed by atoms with Gasteiger partial charge in [-0.3, -0.25) is 0 Å². The number of aromatic nitrogens is 2. The van der Waals surface area contributed by atoms with Gasteiger partial charge >= 0.3 is 5.97 Å². The zero-order chi connectivity index (χ0) is 28.5. The number of nitrogens with zero attached hydrogens (tertiary/aromatic N) is 2. The summed E-state index contributed by atoms with van der Waals surface area (Å²) < 4.78 is 23.9. The first kappa shape index (κ1) is 26.8. The highest BCUT2D eigenvalue weighted by Crippen LogP contribution is 2.38. The van der Waals surface area contributed by atoms with E-state index in [9.17, 15) is 9.90 Å². The molecule has 0 radical (unpaired) electrons. The summed E-state index contributed by atoms with van der Waals surface area (Å²) in [5.74, 6) is -0.602. The Kier molecular flexibility index (Phi) is 7.37. The third-order valence-electron chi connectivity index (χ3n) is 7.74. The van der Waals surface area contributed by atoms with E-state index in [4.69, 9.17) is 27.1 Å². The predicted molar refractivity (Wildman–Crippen MR) is 160 cm³/mol. The lowest BCUT2D eigenvalue weighted by molar-refractivity contribution is 0.0697.